The summed E-state index contributed by atoms with van der Waals surface area (Å²) in [6.07, 6.45) is 0. The fraction of sp³-hybridized carbons (Fsp3) is 0.143. The third kappa shape index (κ3) is 1.46. The molecule has 1 aromatic rings. The second-order valence-corrected chi connectivity index (χ2v) is 2.26. The molecule has 0 bridgehead atoms. The number of primary amides is 1. The van der Waals surface area contributed by atoms with E-state index in [1.165, 1.54) is 0 Å². The number of rotatable bonds is 1. The summed E-state index contributed by atoms with van der Waals surface area (Å²) in [7, 11) is 0. The third-order valence-corrected chi connectivity index (χ3v) is 1.39. The molecule has 1 aromatic heterocycles. The molecule has 4 nitrogen and oxygen atoms in total. The van der Waals surface area contributed by atoms with Crippen molar-refractivity contribution in [3.63, 3.8) is 0 Å². The van der Waals surface area contributed by atoms with Crippen LogP contribution in [0.5, 0.6) is 0 Å². The Morgan fingerprint density at radius 3 is 2.64 bits per heavy atom. The second-order valence-electron chi connectivity index (χ2n) is 2.26. The zero-order chi connectivity index (χ0) is 8.43. The highest BCUT2D eigenvalue weighted by Gasteiger charge is 2.02. The van der Waals surface area contributed by atoms with Crippen LogP contribution in [0.25, 0.3) is 0 Å². The molecule has 0 radical (unpaired) electrons. The lowest BCUT2D eigenvalue weighted by Crippen LogP contribution is -2.14. The van der Waals surface area contributed by atoms with Crippen LogP contribution in [0.2, 0.25) is 0 Å². The summed E-state index contributed by atoms with van der Waals surface area (Å²) in [5.41, 5.74) is 11.5. The van der Waals surface area contributed by atoms with Gasteiger partial charge in [0.15, 0.2) is 0 Å². The first kappa shape index (κ1) is 7.53. The van der Waals surface area contributed by atoms with Crippen LogP contribution in [0.3, 0.4) is 0 Å². The van der Waals surface area contributed by atoms with Crippen molar-refractivity contribution in [3.05, 3.63) is 23.4 Å². The summed E-state index contributed by atoms with van der Waals surface area (Å²) in [5.74, 6) is -0.210. The Labute approximate surface area is 64.2 Å². The Morgan fingerprint density at radius 2 is 2.18 bits per heavy atom. The molecule has 0 aliphatic rings. The van der Waals surface area contributed by atoms with Gasteiger partial charge in [0, 0.05) is 0 Å². The fourth-order valence-electron chi connectivity index (χ4n) is 0.682. The van der Waals surface area contributed by atoms with Gasteiger partial charge in [-0.25, -0.2) is 4.98 Å². The molecule has 0 saturated carbocycles. The van der Waals surface area contributed by atoms with Crippen molar-refractivity contribution in [2.24, 2.45) is 5.73 Å². The molecular formula is C7H9N3O. The number of amides is 1. The Balaban J connectivity index is 3.15. The van der Waals surface area contributed by atoms with Gasteiger partial charge < -0.3 is 11.5 Å². The van der Waals surface area contributed by atoms with Crippen molar-refractivity contribution in [2.45, 2.75) is 6.92 Å². The molecule has 4 heteroatoms. The summed E-state index contributed by atoms with van der Waals surface area (Å²) < 4.78 is 0. The zero-order valence-electron chi connectivity index (χ0n) is 6.16. The van der Waals surface area contributed by atoms with E-state index >= 15 is 0 Å². The maximum Gasteiger partial charge on any atom is 0.267 e. The van der Waals surface area contributed by atoms with Crippen LogP contribution in [0.1, 0.15) is 16.1 Å². The van der Waals surface area contributed by atoms with E-state index in [0.29, 0.717) is 5.82 Å². The molecule has 58 valence electrons. The van der Waals surface area contributed by atoms with Crippen LogP contribution in [0, 0.1) is 6.92 Å². The highest BCUT2D eigenvalue weighted by molar-refractivity contribution is 5.91. The molecule has 0 fully saturated rings. The van der Waals surface area contributed by atoms with E-state index in [2.05, 4.69) is 4.98 Å². The summed E-state index contributed by atoms with van der Waals surface area (Å²) in [5, 5.41) is 0. The van der Waals surface area contributed by atoms with Gasteiger partial charge in [0.1, 0.15) is 11.5 Å². The lowest BCUT2D eigenvalue weighted by molar-refractivity contribution is 0.0995. The van der Waals surface area contributed by atoms with Crippen molar-refractivity contribution in [1.29, 1.82) is 0 Å². The number of anilines is 1. The average Bonchev–Trinajstić information content (AvgIpc) is 1.94. The minimum atomic E-state index is -0.559. The highest BCUT2D eigenvalue weighted by Crippen LogP contribution is 2.06. The number of pyridine rings is 1. The summed E-state index contributed by atoms with van der Waals surface area (Å²) in [4.78, 5) is 14.3. The van der Waals surface area contributed by atoms with Gasteiger partial charge in [-0.2, -0.15) is 0 Å². The highest BCUT2D eigenvalue weighted by atomic mass is 16.1. The Bertz CT molecular complexity index is 296. The molecule has 0 atom stereocenters. The predicted octanol–water partition coefficient (Wildman–Crippen LogP) is 0.0711. The molecule has 0 aromatic carbocycles. The van der Waals surface area contributed by atoms with E-state index < -0.39 is 5.91 Å². The number of hydrogen-bond donors (Lipinski definition) is 2. The van der Waals surface area contributed by atoms with Crippen LogP contribution in [0.4, 0.5) is 5.82 Å². The molecule has 1 heterocycles. The van der Waals surface area contributed by atoms with Crippen molar-refractivity contribution >= 4 is 11.7 Å². The lowest BCUT2D eigenvalue weighted by Gasteiger charge is -1.99. The van der Waals surface area contributed by atoms with Crippen molar-refractivity contribution in [1.82, 2.24) is 4.98 Å². The Hall–Kier alpha value is -1.58. The van der Waals surface area contributed by atoms with Gasteiger partial charge in [0.2, 0.25) is 0 Å². The van der Waals surface area contributed by atoms with E-state index in [0.717, 1.165) is 5.56 Å². The molecule has 4 N–H and O–H groups in total. The largest absolute Gasteiger partial charge is 0.383 e. The van der Waals surface area contributed by atoms with Gasteiger partial charge >= 0.3 is 0 Å². The van der Waals surface area contributed by atoms with E-state index in [-0.39, 0.29) is 5.69 Å². The van der Waals surface area contributed by atoms with Crippen molar-refractivity contribution in [2.75, 3.05) is 5.73 Å². The maximum atomic E-state index is 10.6. The van der Waals surface area contributed by atoms with Crippen LogP contribution in [-0.4, -0.2) is 10.9 Å². The molecule has 0 spiro atoms. The molecular weight excluding hydrogens is 142 g/mol. The number of carbonyl (C=O) groups excluding carboxylic acids is 1. The number of aromatic nitrogens is 1. The lowest BCUT2D eigenvalue weighted by atomic mass is 10.2. The maximum absolute atomic E-state index is 10.6. The van der Waals surface area contributed by atoms with Crippen LogP contribution in [-0.2, 0) is 0 Å². The SMILES string of the molecule is Cc1ccc(C(N)=O)nc1N. The van der Waals surface area contributed by atoms with E-state index in [4.69, 9.17) is 11.5 Å². The van der Waals surface area contributed by atoms with E-state index in [1.807, 2.05) is 6.92 Å². The summed E-state index contributed by atoms with van der Waals surface area (Å²) >= 11 is 0. The van der Waals surface area contributed by atoms with Gasteiger partial charge in [-0.3, -0.25) is 4.79 Å². The first-order valence-electron chi connectivity index (χ1n) is 3.14. The number of hydrogen-bond acceptors (Lipinski definition) is 3. The number of carbonyl (C=O) groups is 1. The zero-order valence-corrected chi connectivity index (χ0v) is 6.16. The molecule has 0 saturated heterocycles. The number of nitrogens with two attached hydrogens (primary N) is 2. The minimum absolute atomic E-state index is 0.202. The predicted molar refractivity (Wildman–Crippen MR) is 41.9 cm³/mol. The third-order valence-electron chi connectivity index (χ3n) is 1.39. The normalized spacial score (nSPS) is 9.55. The van der Waals surface area contributed by atoms with Crippen LogP contribution in [0.15, 0.2) is 12.1 Å². The summed E-state index contributed by atoms with van der Waals surface area (Å²) in [6, 6.07) is 3.26. The molecule has 1 rings (SSSR count). The van der Waals surface area contributed by atoms with Crippen molar-refractivity contribution < 1.29 is 4.79 Å². The number of nitrogen functional groups attached to an aromatic ring is 1. The van der Waals surface area contributed by atoms with Gasteiger partial charge in [-0.05, 0) is 18.6 Å². The molecule has 0 aliphatic carbocycles. The second kappa shape index (κ2) is 2.57. The van der Waals surface area contributed by atoms with Gasteiger partial charge in [-0.1, -0.05) is 6.07 Å². The van der Waals surface area contributed by atoms with Gasteiger partial charge in [0.25, 0.3) is 5.91 Å². The fourth-order valence-corrected chi connectivity index (χ4v) is 0.682. The van der Waals surface area contributed by atoms with E-state index in [1.54, 1.807) is 12.1 Å². The molecule has 0 aliphatic heterocycles. The van der Waals surface area contributed by atoms with Gasteiger partial charge in [-0.15, -0.1) is 0 Å². The average molecular weight is 151 g/mol. The standard InChI is InChI=1S/C7H9N3O/c1-4-2-3-5(7(9)11)10-6(4)8/h2-3H,1H3,(H2,8,10)(H2,9,11). The number of nitrogens with zero attached hydrogens (tertiary/aromatic N) is 1. The van der Waals surface area contributed by atoms with Crippen molar-refractivity contribution in [3.8, 4) is 0 Å². The molecule has 1 amide bonds. The van der Waals surface area contributed by atoms with Crippen LogP contribution >= 0.6 is 0 Å². The molecule has 11 heavy (non-hydrogen) atoms. The Morgan fingerprint density at radius 1 is 1.55 bits per heavy atom. The smallest absolute Gasteiger partial charge is 0.267 e. The quantitative estimate of drug-likeness (QED) is 0.595. The first-order chi connectivity index (χ1) is 5.11. The molecule has 0 unspecified atom stereocenters. The van der Waals surface area contributed by atoms with Crippen LogP contribution < -0.4 is 11.5 Å². The monoisotopic (exact) mass is 151 g/mol. The van der Waals surface area contributed by atoms with E-state index in [9.17, 15) is 4.79 Å². The summed E-state index contributed by atoms with van der Waals surface area (Å²) in [6.45, 7) is 1.81. The topological polar surface area (TPSA) is 82.0 Å². The Kier molecular flexibility index (Phi) is 1.76. The minimum Gasteiger partial charge on any atom is -0.383 e. The number of aryl methyl sites for hydroxylation is 1. The first-order valence-corrected chi connectivity index (χ1v) is 3.14. The van der Waals surface area contributed by atoms with Gasteiger partial charge in [0.05, 0.1) is 0 Å².